The van der Waals surface area contributed by atoms with Crippen LogP contribution in [-0.2, 0) is 14.1 Å². The second-order valence-corrected chi connectivity index (χ2v) is 6.12. The molecular formula is C16H22N6O3. The molecule has 0 aromatic carbocycles. The molecule has 0 atom stereocenters. The van der Waals surface area contributed by atoms with E-state index in [1.807, 2.05) is 0 Å². The van der Waals surface area contributed by atoms with Gasteiger partial charge in [-0.15, -0.1) is 0 Å². The van der Waals surface area contributed by atoms with Crippen molar-refractivity contribution < 1.29 is 4.79 Å². The Morgan fingerprint density at radius 1 is 1.20 bits per heavy atom. The van der Waals surface area contributed by atoms with Crippen LogP contribution in [0.1, 0.15) is 10.5 Å². The molecule has 0 bridgehead atoms. The summed E-state index contributed by atoms with van der Waals surface area (Å²) in [6.45, 7) is 5.16. The van der Waals surface area contributed by atoms with Gasteiger partial charge in [0, 0.05) is 53.4 Å². The van der Waals surface area contributed by atoms with Crippen molar-refractivity contribution in [2.24, 2.45) is 14.1 Å². The third-order valence-corrected chi connectivity index (χ3v) is 4.46. The van der Waals surface area contributed by atoms with Gasteiger partial charge in [-0.3, -0.25) is 23.6 Å². The van der Waals surface area contributed by atoms with Crippen LogP contribution in [0.5, 0.6) is 0 Å². The summed E-state index contributed by atoms with van der Waals surface area (Å²) in [5.41, 5.74) is -0.489. The summed E-state index contributed by atoms with van der Waals surface area (Å²) in [7, 11) is 2.95. The van der Waals surface area contributed by atoms with Crippen molar-refractivity contribution in [2.75, 3.05) is 39.3 Å². The third kappa shape index (κ3) is 3.47. The number of hydrogen-bond donors (Lipinski definition) is 2. The first-order chi connectivity index (χ1) is 12.0. The molecule has 9 heteroatoms. The predicted octanol–water partition coefficient (Wildman–Crippen LogP) is -1.73. The number of hydrogen-bond acceptors (Lipinski definition) is 6. The second kappa shape index (κ2) is 7.16. The zero-order valence-electron chi connectivity index (χ0n) is 14.4. The molecule has 3 rings (SSSR count). The molecule has 9 nitrogen and oxygen atoms in total. The number of amides is 1. The van der Waals surface area contributed by atoms with Gasteiger partial charge >= 0.3 is 5.69 Å². The van der Waals surface area contributed by atoms with Crippen LogP contribution in [0.15, 0.2) is 21.7 Å². The van der Waals surface area contributed by atoms with E-state index in [1.165, 1.54) is 30.8 Å². The van der Waals surface area contributed by atoms with Crippen LogP contribution >= 0.6 is 0 Å². The van der Waals surface area contributed by atoms with Gasteiger partial charge in [0.05, 0.1) is 5.39 Å². The number of carbonyl (C=O) groups excluding carboxylic acids is 1. The van der Waals surface area contributed by atoms with Crippen LogP contribution in [0.4, 0.5) is 0 Å². The molecular weight excluding hydrogens is 324 g/mol. The van der Waals surface area contributed by atoms with Crippen LogP contribution in [0.2, 0.25) is 0 Å². The van der Waals surface area contributed by atoms with E-state index in [2.05, 4.69) is 20.5 Å². The molecule has 2 N–H and O–H groups in total. The normalized spacial score (nSPS) is 15.4. The number of nitrogens with one attached hydrogen (secondary N) is 2. The molecule has 0 saturated carbocycles. The highest BCUT2D eigenvalue weighted by molar-refractivity contribution is 5.94. The molecule has 1 amide bonds. The fourth-order valence-electron chi connectivity index (χ4n) is 2.93. The van der Waals surface area contributed by atoms with Crippen LogP contribution < -0.4 is 21.9 Å². The lowest BCUT2D eigenvalue weighted by molar-refractivity contribution is 0.0942. The zero-order valence-corrected chi connectivity index (χ0v) is 14.4. The highest BCUT2D eigenvalue weighted by atomic mass is 16.2. The molecule has 0 aliphatic carbocycles. The molecule has 134 valence electrons. The fraction of sp³-hybridized carbons (Fsp3) is 0.500. The average molecular weight is 346 g/mol. The molecule has 1 fully saturated rings. The molecule has 0 spiro atoms. The summed E-state index contributed by atoms with van der Waals surface area (Å²) in [6, 6.07) is 3.05. The van der Waals surface area contributed by atoms with Crippen molar-refractivity contribution in [3.63, 3.8) is 0 Å². The quantitative estimate of drug-likeness (QED) is 0.682. The van der Waals surface area contributed by atoms with Crippen LogP contribution in [0.25, 0.3) is 11.0 Å². The van der Waals surface area contributed by atoms with E-state index >= 15 is 0 Å². The number of piperazine rings is 1. The van der Waals surface area contributed by atoms with Crippen molar-refractivity contribution in [2.45, 2.75) is 0 Å². The Morgan fingerprint density at radius 3 is 2.64 bits per heavy atom. The largest absolute Gasteiger partial charge is 0.349 e. The lowest BCUT2D eigenvalue weighted by Crippen LogP contribution is -2.46. The summed E-state index contributed by atoms with van der Waals surface area (Å²) < 4.78 is 2.30. The van der Waals surface area contributed by atoms with E-state index in [0.29, 0.717) is 11.9 Å². The van der Waals surface area contributed by atoms with Crippen molar-refractivity contribution in [1.29, 1.82) is 0 Å². The zero-order chi connectivity index (χ0) is 18.0. The Labute approximate surface area is 144 Å². The molecule has 1 aliphatic rings. The topological polar surface area (TPSA) is 101 Å². The summed E-state index contributed by atoms with van der Waals surface area (Å²) in [6.07, 6.45) is 0. The van der Waals surface area contributed by atoms with Crippen molar-refractivity contribution in [3.05, 3.63) is 38.7 Å². The first-order valence-electron chi connectivity index (χ1n) is 8.27. The van der Waals surface area contributed by atoms with Crippen molar-refractivity contribution in [1.82, 2.24) is 29.7 Å². The highest BCUT2D eigenvalue weighted by Gasteiger charge is 2.14. The Bertz CT molecular complexity index is 910. The van der Waals surface area contributed by atoms with Crippen LogP contribution in [0.3, 0.4) is 0 Å². The SMILES string of the molecule is Cn1c(=O)c2ccc(C(=O)NCCN3CCNCC3)nc2n(C)c1=O. The fourth-order valence-corrected chi connectivity index (χ4v) is 2.93. The van der Waals surface area contributed by atoms with Gasteiger partial charge in [-0.2, -0.15) is 0 Å². The van der Waals surface area contributed by atoms with E-state index in [9.17, 15) is 14.4 Å². The average Bonchev–Trinajstić information content (AvgIpc) is 2.65. The number of pyridine rings is 1. The summed E-state index contributed by atoms with van der Waals surface area (Å²) in [5.74, 6) is -0.315. The molecule has 3 heterocycles. The van der Waals surface area contributed by atoms with Gasteiger partial charge in [0.25, 0.3) is 11.5 Å². The van der Waals surface area contributed by atoms with E-state index in [1.54, 1.807) is 0 Å². The van der Waals surface area contributed by atoms with E-state index in [4.69, 9.17) is 0 Å². The molecule has 0 unspecified atom stereocenters. The maximum Gasteiger partial charge on any atom is 0.332 e. The van der Waals surface area contributed by atoms with Crippen molar-refractivity contribution in [3.8, 4) is 0 Å². The smallest absolute Gasteiger partial charge is 0.332 e. The second-order valence-electron chi connectivity index (χ2n) is 6.12. The number of aryl methyl sites for hydroxylation is 1. The first-order valence-corrected chi connectivity index (χ1v) is 8.27. The maximum absolute atomic E-state index is 12.3. The van der Waals surface area contributed by atoms with Gasteiger partial charge in [-0.05, 0) is 12.1 Å². The van der Waals surface area contributed by atoms with Gasteiger partial charge in [0.15, 0.2) is 0 Å². The summed E-state index contributed by atoms with van der Waals surface area (Å²) >= 11 is 0. The Morgan fingerprint density at radius 2 is 1.92 bits per heavy atom. The van der Waals surface area contributed by atoms with Crippen LogP contribution in [0, 0.1) is 0 Å². The first kappa shape index (κ1) is 17.3. The molecule has 2 aromatic rings. The van der Waals surface area contributed by atoms with E-state index in [-0.39, 0.29) is 17.2 Å². The standard InChI is InChI=1S/C16H22N6O3/c1-20-13-11(15(24)21(2)16(20)25)3-4-12(19-13)14(23)18-7-10-22-8-5-17-6-9-22/h3-4,17H,5-10H2,1-2H3,(H,18,23). The lowest BCUT2D eigenvalue weighted by Gasteiger charge is -2.27. The highest BCUT2D eigenvalue weighted by Crippen LogP contribution is 2.06. The maximum atomic E-state index is 12.3. The minimum absolute atomic E-state index is 0.191. The minimum Gasteiger partial charge on any atom is -0.349 e. The molecule has 2 aromatic heterocycles. The number of carbonyl (C=O) groups is 1. The summed E-state index contributed by atoms with van der Waals surface area (Å²) in [5, 5.41) is 6.43. The lowest BCUT2D eigenvalue weighted by atomic mass is 10.2. The molecule has 1 aliphatic heterocycles. The van der Waals surface area contributed by atoms with Crippen molar-refractivity contribution >= 4 is 16.9 Å². The molecule has 1 saturated heterocycles. The Kier molecular flexibility index (Phi) is 4.95. The Balaban J connectivity index is 1.76. The molecule has 0 radical (unpaired) electrons. The van der Waals surface area contributed by atoms with E-state index in [0.717, 1.165) is 37.3 Å². The number of rotatable bonds is 4. The van der Waals surface area contributed by atoms with Gasteiger partial charge in [0.1, 0.15) is 11.3 Å². The minimum atomic E-state index is -0.471. The predicted molar refractivity (Wildman–Crippen MR) is 93.9 cm³/mol. The monoisotopic (exact) mass is 346 g/mol. The number of fused-ring (bicyclic) bond motifs is 1. The number of aromatic nitrogens is 3. The third-order valence-electron chi connectivity index (χ3n) is 4.46. The number of nitrogens with zero attached hydrogens (tertiary/aromatic N) is 4. The van der Waals surface area contributed by atoms with Gasteiger partial charge in [0.2, 0.25) is 0 Å². The van der Waals surface area contributed by atoms with Gasteiger partial charge in [-0.25, -0.2) is 9.78 Å². The van der Waals surface area contributed by atoms with E-state index < -0.39 is 11.2 Å². The Hall–Kier alpha value is -2.52. The molecule has 25 heavy (non-hydrogen) atoms. The van der Waals surface area contributed by atoms with Gasteiger partial charge in [-0.1, -0.05) is 0 Å². The summed E-state index contributed by atoms with van der Waals surface area (Å²) in [4.78, 5) is 42.9. The van der Waals surface area contributed by atoms with Gasteiger partial charge < -0.3 is 10.6 Å². The van der Waals surface area contributed by atoms with Crippen LogP contribution in [-0.4, -0.2) is 64.2 Å².